The van der Waals surface area contributed by atoms with Gasteiger partial charge in [-0.25, -0.2) is 15.0 Å². The number of aliphatic hydroxyl groups is 2. The zero-order valence-electron chi connectivity index (χ0n) is 18.7. The Morgan fingerprint density at radius 1 is 1.11 bits per heavy atom. The van der Waals surface area contributed by atoms with E-state index in [2.05, 4.69) is 20.3 Å². The number of ether oxygens (including phenoxy) is 1. The number of aliphatic hydroxyl groups excluding tert-OH is 2. The van der Waals surface area contributed by atoms with Crippen molar-refractivity contribution in [2.45, 2.75) is 31.1 Å². The Kier molecular flexibility index (Phi) is 7.71. The van der Waals surface area contributed by atoms with Gasteiger partial charge in [-0.3, -0.25) is 23.8 Å². The largest absolute Gasteiger partial charge is 0.387 e. The lowest BCUT2D eigenvalue weighted by molar-refractivity contribution is -0.384. The molecule has 37 heavy (non-hydrogen) atoms. The molecule has 0 saturated carbocycles. The fraction of sp³-hybridized carbons (Fsp3) is 0.389. The molecule has 1 saturated heterocycles. The van der Waals surface area contributed by atoms with Gasteiger partial charge in [0.25, 0.3) is 5.69 Å². The van der Waals surface area contributed by atoms with E-state index in [1.165, 1.54) is 29.4 Å². The lowest BCUT2D eigenvalue weighted by Gasteiger charge is -2.18. The molecule has 0 bridgehead atoms. The van der Waals surface area contributed by atoms with Crippen molar-refractivity contribution in [3.05, 3.63) is 52.6 Å². The molecule has 1 aliphatic rings. The van der Waals surface area contributed by atoms with Gasteiger partial charge in [0, 0.05) is 18.7 Å². The van der Waals surface area contributed by atoms with Crippen LogP contribution in [0.4, 0.5) is 11.5 Å². The molecule has 1 aliphatic heterocycles. The van der Waals surface area contributed by atoms with Crippen molar-refractivity contribution in [2.75, 3.05) is 17.8 Å². The second-order valence-corrected chi connectivity index (χ2v) is 12.1. The lowest BCUT2D eigenvalue weighted by atomic mass is 10.1. The van der Waals surface area contributed by atoms with Crippen LogP contribution in [0.3, 0.4) is 0 Å². The number of benzene rings is 1. The van der Waals surface area contributed by atoms with Crippen molar-refractivity contribution < 1.29 is 48.2 Å². The highest BCUT2D eigenvalue weighted by molar-refractivity contribution is 7.70. The quantitative estimate of drug-likeness (QED) is 0.111. The summed E-state index contributed by atoms with van der Waals surface area (Å²) in [5, 5.41) is 34.7. The van der Waals surface area contributed by atoms with Crippen molar-refractivity contribution >= 4 is 37.9 Å². The minimum absolute atomic E-state index is 0.0449. The molecule has 1 unspecified atom stereocenters. The van der Waals surface area contributed by atoms with Gasteiger partial charge in [-0.2, -0.15) is 0 Å². The van der Waals surface area contributed by atoms with E-state index in [1.54, 1.807) is 12.1 Å². The zero-order chi connectivity index (χ0) is 27.0. The summed E-state index contributed by atoms with van der Waals surface area (Å²) in [6.07, 6.45) is -3.13. The van der Waals surface area contributed by atoms with E-state index in [9.17, 15) is 34.4 Å². The van der Waals surface area contributed by atoms with Crippen LogP contribution in [0.25, 0.3) is 11.2 Å². The molecule has 0 radical (unpaired) electrons. The molecular weight excluding hydrogens is 538 g/mol. The third kappa shape index (κ3) is 6.35. The highest BCUT2D eigenvalue weighted by Crippen LogP contribution is 2.55. The highest BCUT2D eigenvalue weighted by Gasteiger charge is 2.45. The van der Waals surface area contributed by atoms with Crippen LogP contribution in [0.1, 0.15) is 11.8 Å². The first-order valence-corrected chi connectivity index (χ1v) is 14.1. The van der Waals surface area contributed by atoms with Crippen LogP contribution in [-0.2, 0) is 24.9 Å². The molecule has 200 valence electrons. The zero-order valence-corrected chi connectivity index (χ0v) is 20.5. The van der Waals surface area contributed by atoms with Gasteiger partial charge in [-0.15, -0.1) is 0 Å². The van der Waals surface area contributed by atoms with Crippen LogP contribution in [0.2, 0.25) is 0 Å². The minimum atomic E-state index is -4.84. The summed E-state index contributed by atoms with van der Waals surface area (Å²) in [5.41, 5.74) is 1.19. The maximum absolute atomic E-state index is 11.9. The van der Waals surface area contributed by atoms with Crippen molar-refractivity contribution in [3.63, 3.8) is 0 Å². The maximum Gasteiger partial charge on any atom is 0.340 e. The predicted molar refractivity (Wildman–Crippen MR) is 124 cm³/mol. The molecule has 0 aliphatic carbocycles. The van der Waals surface area contributed by atoms with E-state index >= 15 is 0 Å². The number of fused-ring (bicyclic) bond motifs is 1. The van der Waals surface area contributed by atoms with E-state index in [0.717, 1.165) is 5.56 Å². The van der Waals surface area contributed by atoms with E-state index < -0.39 is 57.2 Å². The average molecular weight is 560 g/mol. The van der Waals surface area contributed by atoms with Gasteiger partial charge in [-0.1, -0.05) is 12.1 Å². The Balaban J connectivity index is 1.47. The van der Waals surface area contributed by atoms with Crippen molar-refractivity contribution in [2.24, 2.45) is 0 Å². The molecule has 4 rings (SSSR count). The number of rotatable bonds is 10. The smallest absolute Gasteiger partial charge is 0.340 e. The van der Waals surface area contributed by atoms with Gasteiger partial charge in [0.05, 0.1) is 17.9 Å². The van der Waals surface area contributed by atoms with Crippen molar-refractivity contribution in [3.8, 4) is 0 Å². The summed E-state index contributed by atoms with van der Waals surface area (Å²) in [6.45, 7) is -0.473. The van der Waals surface area contributed by atoms with Gasteiger partial charge in [0.2, 0.25) is 0 Å². The fourth-order valence-corrected chi connectivity index (χ4v) is 6.22. The molecule has 1 aromatic carbocycles. The highest BCUT2D eigenvalue weighted by atomic mass is 31.2. The number of hydrogen-bond acceptors (Lipinski definition) is 12. The third-order valence-electron chi connectivity index (χ3n) is 5.38. The fourth-order valence-electron chi connectivity index (χ4n) is 3.65. The number of anilines is 1. The molecule has 17 nitrogen and oxygen atoms in total. The van der Waals surface area contributed by atoms with Gasteiger partial charge in [-0.05, 0) is 5.56 Å². The topological polar surface area (TPSA) is 253 Å². The van der Waals surface area contributed by atoms with Gasteiger partial charge >= 0.3 is 15.2 Å². The molecule has 0 spiro atoms. The Morgan fingerprint density at radius 2 is 1.81 bits per heavy atom. The van der Waals surface area contributed by atoms with Crippen molar-refractivity contribution in [1.29, 1.82) is 0 Å². The summed E-state index contributed by atoms with van der Waals surface area (Å²) in [6, 6.07) is 5.90. The van der Waals surface area contributed by atoms with Gasteiger partial charge in [0.1, 0.15) is 24.6 Å². The predicted octanol–water partition coefficient (Wildman–Crippen LogP) is 0.303. The summed E-state index contributed by atoms with van der Waals surface area (Å²) in [7, 11) is -9.54. The summed E-state index contributed by atoms with van der Waals surface area (Å²) in [4.78, 5) is 50.2. The molecule has 2 aromatic heterocycles. The van der Waals surface area contributed by atoms with Crippen LogP contribution in [0, 0.1) is 10.1 Å². The van der Waals surface area contributed by atoms with Gasteiger partial charge in [0.15, 0.2) is 29.1 Å². The lowest BCUT2D eigenvalue weighted by Crippen LogP contribution is -2.33. The second-order valence-electron chi connectivity index (χ2n) is 8.11. The van der Waals surface area contributed by atoms with E-state index in [4.69, 9.17) is 19.0 Å². The minimum Gasteiger partial charge on any atom is -0.387 e. The van der Waals surface area contributed by atoms with Crippen LogP contribution in [-0.4, -0.2) is 80.2 Å². The molecule has 5 atom stereocenters. The first-order chi connectivity index (χ1) is 17.3. The molecule has 6 N–H and O–H groups in total. The normalized spacial score (nSPS) is 23.7. The van der Waals surface area contributed by atoms with Gasteiger partial charge < -0.3 is 39.5 Å². The van der Waals surface area contributed by atoms with Crippen LogP contribution < -0.4 is 5.32 Å². The van der Waals surface area contributed by atoms with Crippen LogP contribution >= 0.6 is 15.2 Å². The number of nitrogens with one attached hydrogen (secondary N) is 1. The molecule has 1 fully saturated rings. The summed E-state index contributed by atoms with van der Waals surface area (Å²) in [5.74, 6) is -1.10. The Labute approximate surface area is 207 Å². The number of nitro groups is 1. The number of non-ortho nitro benzene ring substituents is 1. The third-order valence-corrected chi connectivity index (χ3v) is 8.84. The average Bonchev–Trinajstić information content (AvgIpc) is 3.36. The van der Waals surface area contributed by atoms with Crippen LogP contribution in [0.5, 0.6) is 0 Å². The summed E-state index contributed by atoms with van der Waals surface area (Å²) < 4.78 is 34.5. The van der Waals surface area contributed by atoms with Crippen LogP contribution in [0.15, 0.2) is 36.9 Å². The Hall–Kier alpha value is -2.85. The monoisotopic (exact) mass is 560 g/mol. The second kappa shape index (κ2) is 10.5. The molecule has 3 heterocycles. The Bertz CT molecular complexity index is 1380. The number of nitrogens with zero attached hydrogens (tertiary/aromatic N) is 5. The first kappa shape index (κ1) is 27.2. The van der Waals surface area contributed by atoms with E-state index in [-0.39, 0.29) is 23.4 Å². The summed E-state index contributed by atoms with van der Waals surface area (Å²) >= 11 is 0. The molecular formula is C18H22N6O11P2. The number of hydrogen-bond donors (Lipinski definition) is 6. The maximum atomic E-state index is 11.9. The number of aromatic nitrogens is 4. The first-order valence-electron chi connectivity index (χ1n) is 10.5. The van der Waals surface area contributed by atoms with E-state index in [0.29, 0.717) is 5.82 Å². The Morgan fingerprint density at radius 3 is 2.46 bits per heavy atom. The van der Waals surface area contributed by atoms with E-state index in [1.807, 2.05) is 0 Å². The number of imidazole rings is 1. The number of nitro benzene ring substituents is 1. The molecule has 0 amide bonds. The molecule has 19 heteroatoms. The SMILES string of the molecule is O=[N+]([O-])c1ccc(CNc2ncnc3c2ncn3[C@@H]2O[C@H](COP(=O)(O)CP(=O)(O)O)[C@@H](O)[C@H]2O)cc1. The van der Waals surface area contributed by atoms with Crippen molar-refractivity contribution in [1.82, 2.24) is 19.5 Å². The molecule has 3 aromatic rings. The standard InChI is InChI=1S/C18H22N6O11P2/c25-14-12(6-34-37(32,33)9-36(29,30)31)35-18(15(14)26)23-8-22-13-16(20-7-21-17(13)23)19-5-10-1-3-11(4-2-10)24(27)28/h1-4,7-8,12,14-15,18,25-26H,5-6,9H2,(H,32,33)(H,19,20,21)(H2,29,30,31)/t12-,14-,15-,18-/m1/s1.